The van der Waals surface area contributed by atoms with E-state index in [1.807, 2.05) is 43.3 Å². The Kier molecular flexibility index (Phi) is 3.92. The van der Waals surface area contributed by atoms with E-state index in [-0.39, 0.29) is 0 Å². The lowest BCUT2D eigenvalue weighted by Crippen LogP contribution is -2.06. The summed E-state index contributed by atoms with van der Waals surface area (Å²) in [6.45, 7) is 1.96. The maximum absolute atomic E-state index is 10.2. The van der Waals surface area contributed by atoms with Crippen LogP contribution in [0.3, 0.4) is 0 Å². The summed E-state index contributed by atoms with van der Waals surface area (Å²) in [4.78, 5) is 4.24. The summed E-state index contributed by atoms with van der Waals surface area (Å²) in [6, 6.07) is 11.8. The van der Waals surface area contributed by atoms with Gasteiger partial charge in [0.1, 0.15) is 6.10 Å². The van der Waals surface area contributed by atoms with E-state index in [9.17, 15) is 5.11 Å². The second-order valence-electron chi connectivity index (χ2n) is 4.02. The van der Waals surface area contributed by atoms with E-state index in [1.54, 1.807) is 6.20 Å². The van der Waals surface area contributed by atoms with Crippen molar-refractivity contribution in [2.24, 2.45) is 0 Å². The molecule has 0 spiro atoms. The molecular formula is C14H14BrNO. The number of aryl methyl sites for hydroxylation is 1. The lowest BCUT2D eigenvalue weighted by Gasteiger charge is -2.13. The molecule has 2 aromatic rings. The van der Waals surface area contributed by atoms with Gasteiger partial charge in [0, 0.05) is 17.1 Å². The number of rotatable bonds is 3. The summed E-state index contributed by atoms with van der Waals surface area (Å²) in [6.07, 6.45) is 1.72. The standard InChI is InChI=1S/C14H14BrNO/c1-10-5-4-8-16-14(10)13(17)9-11-6-2-3-7-12(11)15/h2-8,13,17H,9H2,1H3. The van der Waals surface area contributed by atoms with Crippen molar-refractivity contribution in [2.45, 2.75) is 19.4 Å². The minimum Gasteiger partial charge on any atom is -0.386 e. The van der Waals surface area contributed by atoms with Gasteiger partial charge < -0.3 is 5.11 Å². The highest BCUT2D eigenvalue weighted by Crippen LogP contribution is 2.24. The number of pyridine rings is 1. The maximum Gasteiger partial charge on any atom is 0.100 e. The molecule has 1 atom stereocenters. The molecule has 1 N–H and O–H groups in total. The van der Waals surface area contributed by atoms with Crippen LogP contribution in [0.2, 0.25) is 0 Å². The zero-order chi connectivity index (χ0) is 12.3. The highest BCUT2D eigenvalue weighted by molar-refractivity contribution is 9.10. The van der Waals surface area contributed by atoms with Crippen LogP contribution in [-0.2, 0) is 6.42 Å². The highest BCUT2D eigenvalue weighted by Gasteiger charge is 2.13. The SMILES string of the molecule is Cc1cccnc1C(O)Cc1ccccc1Br. The molecule has 1 aromatic carbocycles. The number of halogens is 1. The lowest BCUT2D eigenvalue weighted by atomic mass is 10.0. The Balaban J connectivity index is 2.20. The van der Waals surface area contributed by atoms with Gasteiger partial charge in [-0.05, 0) is 30.2 Å². The fraction of sp³-hybridized carbons (Fsp3) is 0.214. The van der Waals surface area contributed by atoms with E-state index in [0.29, 0.717) is 6.42 Å². The summed E-state index contributed by atoms with van der Waals surface area (Å²) >= 11 is 3.48. The van der Waals surface area contributed by atoms with E-state index in [1.165, 1.54) is 0 Å². The predicted molar refractivity (Wildman–Crippen MR) is 71.8 cm³/mol. The van der Waals surface area contributed by atoms with E-state index in [0.717, 1.165) is 21.3 Å². The van der Waals surface area contributed by atoms with Crippen molar-refractivity contribution in [3.05, 3.63) is 63.9 Å². The number of nitrogens with zero attached hydrogens (tertiary/aromatic N) is 1. The smallest absolute Gasteiger partial charge is 0.100 e. The highest BCUT2D eigenvalue weighted by atomic mass is 79.9. The average Bonchev–Trinajstić information content (AvgIpc) is 2.32. The number of hydrogen-bond acceptors (Lipinski definition) is 2. The molecule has 0 amide bonds. The van der Waals surface area contributed by atoms with Crippen molar-refractivity contribution in [2.75, 3.05) is 0 Å². The first kappa shape index (κ1) is 12.3. The molecular weight excluding hydrogens is 278 g/mol. The van der Waals surface area contributed by atoms with Gasteiger partial charge in [-0.1, -0.05) is 40.2 Å². The molecule has 2 rings (SSSR count). The molecule has 0 fully saturated rings. The summed E-state index contributed by atoms with van der Waals surface area (Å²) in [5.74, 6) is 0. The van der Waals surface area contributed by atoms with Crippen LogP contribution in [0.4, 0.5) is 0 Å². The number of benzene rings is 1. The molecule has 0 saturated heterocycles. The Bertz CT molecular complexity index is 513. The monoisotopic (exact) mass is 291 g/mol. The molecule has 0 radical (unpaired) electrons. The third-order valence-electron chi connectivity index (χ3n) is 2.74. The number of hydrogen-bond donors (Lipinski definition) is 1. The second-order valence-corrected chi connectivity index (χ2v) is 4.87. The molecule has 3 heteroatoms. The van der Waals surface area contributed by atoms with Gasteiger partial charge >= 0.3 is 0 Å². The molecule has 0 aliphatic rings. The molecule has 0 saturated carbocycles. The van der Waals surface area contributed by atoms with Crippen molar-refractivity contribution in [1.29, 1.82) is 0 Å². The first-order valence-corrected chi connectivity index (χ1v) is 6.31. The van der Waals surface area contributed by atoms with Crippen molar-refractivity contribution < 1.29 is 5.11 Å². The van der Waals surface area contributed by atoms with Crippen LogP contribution in [0.15, 0.2) is 47.1 Å². The summed E-state index contributed by atoms with van der Waals surface area (Å²) in [5.41, 5.74) is 2.86. The van der Waals surface area contributed by atoms with Crippen molar-refractivity contribution >= 4 is 15.9 Å². The summed E-state index contributed by atoms with van der Waals surface area (Å²) in [7, 11) is 0. The summed E-state index contributed by atoms with van der Waals surface area (Å²) in [5, 5.41) is 10.2. The van der Waals surface area contributed by atoms with Crippen molar-refractivity contribution in [3.63, 3.8) is 0 Å². The van der Waals surface area contributed by atoms with Crippen LogP contribution in [0.25, 0.3) is 0 Å². The molecule has 0 aliphatic heterocycles. The fourth-order valence-corrected chi connectivity index (χ4v) is 2.26. The largest absolute Gasteiger partial charge is 0.386 e. The predicted octanol–water partition coefficient (Wildman–Crippen LogP) is 3.43. The number of aromatic nitrogens is 1. The molecule has 0 bridgehead atoms. The lowest BCUT2D eigenvalue weighted by molar-refractivity contribution is 0.172. The van der Waals surface area contributed by atoms with Crippen molar-refractivity contribution in [1.82, 2.24) is 4.98 Å². The van der Waals surface area contributed by atoms with Crippen LogP contribution in [0.5, 0.6) is 0 Å². The topological polar surface area (TPSA) is 33.1 Å². The minimum atomic E-state index is -0.560. The first-order valence-electron chi connectivity index (χ1n) is 5.51. The Labute approximate surface area is 109 Å². The summed E-state index contributed by atoms with van der Waals surface area (Å²) < 4.78 is 1.02. The molecule has 1 unspecified atom stereocenters. The molecule has 1 heterocycles. The number of aliphatic hydroxyl groups excluding tert-OH is 1. The Morgan fingerprint density at radius 2 is 2.00 bits per heavy atom. The Morgan fingerprint density at radius 3 is 2.71 bits per heavy atom. The Hall–Kier alpha value is -1.19. The van der Waals surface area contributed by atoms with Crippen LogP contribution >= 0.6 is 15.9 Å². The van der Waals surface area contributed by atoms with Gasteiger partial charge in [-0.2, -0.15) is 0 Å². The second kappa shape index (κ2) is 5.43. The van der Waals surface area contributed by atoms with E-state index >= 15 is 0 Å². The normalized spacial score (nSPS) is 12.4. The van der Waals surface area contributed by atoms with E-state index in [4.69, 9.17) is 0 Å². The molecule has 88 valence electrons. The zero-order valence-corrected chi connectivity index (χ0v) is 11.2. The van der Waals surface area contributed by atoms with Crippen LogP contribution in [-0.4, -0.2) is 10.1 Å². The Morgan fingerprint density at radius 1 is 1.24 bits per heavy atom. The van der Waals surface area contributed by atoms with Gasteiger partial charge in [-0.15, -0.1) is 0 Å². The van der Waals surface area contributed by atoms with E-state index < -0.39 is 6.10 Å². The average molecular weight is 292 g/mol. The van der Waals surface area contributed by atoms with Gasteiger partial charge in [0.25, 0.3) is 0 Å². The molecule has 0 aliphatic carbocycles. The van der Waals surface area contributed by atoms with Gasteiger partial charge in [0.05, 0.1) is 5.69 Å². The molecule has 17 heavy (non-hydrogen) atoms. The van der Waals surface area contributed by atoms with Crippen LogP contribution < -0.4 is 0 Å². The van der Waals surface area contributed by atoms with Crippen LogP contribution in [0, 0.1) is 6.92 Å². The van der Waals surface area contributed by atoms with Crippen molar-refractivity contribution in [3.8, 4) is 0 Å². The van der Waals surface area contributed by atoms with Crippen LogP contribution in [0.1, 0.15) is 22.9 Å². The maximum atomic E-state index is 10.2. The fourth-order valence-electron chi connectivity index (χ4n) is 1.82. The number of aliphatic hydroxyl groups is 1. The molecule has 1 aromatic heterocycles. The quantitative estimate of drug-likeness (QED) is 0.940. The van der Waals surface area contributed by atoms with E-state index in [2.05, 4.69) is 20.9 Å². The third-order valence-corrected chi connectivity index (χ3v) is 3.51. The molecule has 2 nitrogen and oxygen atoms in total. The minimum absolute atomic E-state index is 0.560. The van der Waals surface area contributed by atoms with Gasteiger partial charge in [-0.25, -0.2) is 0 Å². The zero-order valence-electron chi connectivity index (χ0n) is 9.60. The van der Waals surface area contributed by atoms with Gasteiger partial charge in [0.2, 0.25) is 0 Å². The third kappa shape index (κ3) is 2.93. The van der Waals surface area contributed by atoms with Gasteiger partial charge in [0.15, 0.2) is 0 Å². The van der Waals surface area contributed by atoms with Gasteiger partial charge in [-0.3, -0.25) is 4.98 Å². The first-order chi connectivity index (χ1) is 8.18.